The highest BCUT2D eigenvalue weighted by molar-refractivity contribution is 5.97. The number of ether oxygens (including phenoxy) is 3. The second-order valence-corrected chi connectivity index (χ2v) is 4.62. The van der Waals surface area contributed by atoms with Crippen LogP contribution in [-0.2, 0) is 4.74 Å². The van der Waals surface area contributed by atoms with E-state index in [1.165, 1.54) is 20.0 Å². The Kier molecular flexibility index (Phi) is 2.63. The zero-order valence-corrected chi connectivity index (χ0v) is 10.4. The molecule has 1 aromatic carbocycles. The molecule has 0 radical (unpaired) electrons. The summed E-state index contributed by atoms with van der Waals surface area (Å²) >= 11 is 0. The molecule has 5 nitrogen and oxygen atoms in total. The van der Waals surface area contributed by atoms with Crippen molar-refractivity contribution in [2.45, 2.75) is 25.1 Å². The van der Waals surface area contributed by atoms with E-state index in [0.29, 0.717) is 23.1 Å². The number of esters is 1. The summed E-state index contributed by atoms with van der Waals surface area (Å²) in [4.78, 5) is 11.9. The highest BCUT2D eigenvalue weighted by atomic mass is 16.6. The lowest BCUT2D eigenvalue weighted by atomic mass is 10.1. The molecule has 0 bridgehead atoms. The second kappa shape index (κ2) is 4.17. The van der Waals surface area contributed by atoms with Crippen molar-refractivity contribution in [3.05, 3.63) is 23.3 Å². The van der Waals surface area contributed by atoms with Crippen LogP contribution in [0.2, 0.25) is 0 Å². The molecule has 0 spiro atoms. The number of carbonyl (C=O) groups is 1. The van der Waals surface area contributed by atoms with Crippen LogP contribution in [0.15, 0.2) is 12.1 Å². The first-order valence-corrected chi connectivity index (χ1v) is 6.05. The molecule has 1 saturated carbocycles. The number of nitrogens with two attached hydrogens (primary N) is 1. The summed E-state index contributed by atoms with van der Waals surface area (Å²) in [6.07, 6.45) is 2.15. The number of hydrogen-bond donors (Lipinski definition) is 1. The normalized spacial score (nSPS) is 21.4. The van der Waals surface area contributed by atoms with E-state index in [1.54, 1.807) is 7.11 Å². The first-order valence-electron chi connectivity index (χ1n) is 6.05. The van der Waals surface area contributed by atoms with Crippen molar-refractivity contribution in [2.24, 2.45) is 0 Å². The van der Waals surface area contributed by atoms with E-state index in [9.17, 15) is 4.79 Å². The molecule has 1 heterocycles. The van der Waals surface area contributed by atoms with Crippen molar-refractivity contribution in [1.29, 1.82) is 0 Å². The summed E-state index contributed by atoms with van der Waals surface area (Å²) in [6.45, 7) is 0. The highest BCUT2D eigenvalue weighted by Crippen LogP contribution is 2.40. The van der Waals surface area contributed by atoms with E-state index < -0.39 is 0 Å². The van der Waals surface area contributed by atoms with Crippen molar-refractivity contribution in [1.82, 2.24) is 0 Å². The summed E-state index contributed by atoms with van der Waals surface area (Å²) in [5.41, 5.74) is 1.38. The summed E-state index contributed by atoms with van der Waals surface area (Å²) in [7, 11) is 3.09. The summed E-state index contributed by atoms with van der Waals surface area (Å²) in [5.74, 6) is 0.689. The minimum atomic E-state index is -0.331. The molecule has 1 atom stereocenters. The lowest BCUT2D eigenvalue weighted by molar-refractivity contribution is -0.739. The SMILES string of the molecule is COc1ccc2c(c1OC)C(=O)O[C@H]2[NH2+]C1CC1. The van der Waals surface area contributed by atoms with Gasteiger partial charge < -0.3 is 19.5 Å². The Balaban J connectivity index is 2.01. The van der Waals surface area contributed by atoms with E-state index in [0.717, 1.165) is 5.56 Å². The number of hydrogen-bond acceptors (Lipinski definition) is 4. The number of rotatable bonds is 4. The maximum Gasteiger partial charge on any atom is 0.347 e. The van der Waals surface area contributed by atoms with Crippen LogP contribution in [0.3, 0.4) is 0 Å². The molecule has 2 aliphatic rings. The second-order valence-electron chi connectivity index (χ2n) is 4.62. The molecule has 1 aliphatic heterocycles. The average molecular weight is 250 g/mol. The third kappa shape index (κ3) is 1.71. The fraction of sp³-hybridized carbons (Fsp3) is 0.462. The predicted octanol–water partition coefficient (Wildman–Crippen LogP) is 0.599. The summed E-state index contributed by atoms with van der Waals surface area (Å²) in [6, 6.07) is 4.28. The Morgan fingerprint density at radius 2 is 2.06 bits per heavy atom. The monoisotopic (exact) mass is 250 g/mol. The van der Waals surface area contributed by atoms with E-state index in [1.807, 2.05) is 12.1 Å². The summed E-state index contributed by atoms with van der Waals surface area (Å²) in [5, 5.41) is 2.11. The third-order valence-corrected chi connectivity index (χ3v) is 3.39. The number of methoxy groups -OCH3 is 2. The van der Waals surface area contributed by atoms with Gasteiger partial charge in [-0.3, -0.25) is 0 Å². The highest BCUT2D eigenvalue weighted by Gasteiger charge is 2.41. The van der Waals surface area contributed by atoms with Crippen LogP contribution in [0.4, 0.5) is 0 Å². The fourth-order valence-corrected chi connectivity index (χ4v) is 2.31. The number of benzene rings is 1. The van der Waals surface area contributed by atoms with Gasteiger partial charge in [0.05, 0.1) is 25.8 Å². The molecule has 0 saturated heterocycles. The van der Waals surface area contributed by atoms with Gasteiger partial charge in [-0.15, -0.1) is 0 Å². The molecule has 0 amide bonds. The van der Waals surface area contributed by atoms with Gasteiger partial charge in [-0.25, -0.2) is 4.79 Å². The Morgan fingerprint density at radius 3 is 2.67 bits per heavy atom. The van der Waals surface area contributed by atoms with Crippen molar-refractivity contribution < 1.29 is 24.3 Å². The van der Waals surface area contributed by atoms with Gasteiger partial charge in [0.25, 0.3) is 6.23 Å². The van der Waals surface area contributed by atoms with Crippen molar-refractivity contribution in [3.8, 4) is 11.5 Å². The van der Waals surface area contributed by atoms with Gasteiger partial charge in [-0.1, -0.05) is 0 Å². The van der Waals surface area contributed by atoms with E-state index >= 15 is 0 Å². The minimum absolute atomic E-state index is 0.236. The van der Waals surface area contributed by atoms with Crippen LogP contribution in [0.1, 0.15) is 35.0 Å². The van der Waals surface area contributed by atoms with Gasteiger partial charge in [0.1, 0.15) is 5.56 Å². The standard InChI is InChI=1S/C13H15NO4/c1-16-9-6-5-8-10(11(9)17-2)13(15)18-12(8)14-7-3-4-7/h5-7,12,14H,3-4H2,1-2H3/p+1/t12-/m1/s1. The molecule has 1 fully saturated rings. The number of fused-ring (bicyclic) bond motifs is 1. The van der Waals surface area contributed by atoms with E-state index in [2.05, 4.69) is 5.32 Å². The maximum absolute atomic E-state index is 11.9. The molecule has 1 aromatic rings. The largest absolute Gasteiger partial charge is 0.493 e. The Morgan fingerprint density at radius 1 is 1.28 bits per heavy atom. The molecule has 0 unspecified atom stereocenters. The molecule has 5 heteroatoms. The van der Waals surface area contributed by atoms with Gasteiger partial charge in [-0.2, -0.15) is 0 Å². The minimum Gasteiger partial charge on any atom is -0.493 e. The lowest BCUT2D eigenvalue weighted by Gasteiger charge is -2.11. The number of carbonyl (C=O) groups excluding carboxylic acids is 1. The van der Waals surface area contributed by atoms with Gasteiger partial charge in [0.2, 0.25) is 0 Å². The molecule has 3 rings (SSSR count). The molecular formula is C13H16NO4+. The number of quaternary nitrogens is 1. The Bertz CT molecular complexity index is 496. The van der Waals surface area contributed by atoms with Gasteiger partial charge in [0, 0.05) is 12.8 Å². The van der Waals surface area contributed by atoms with E-state index in [4.69, 9.17) is 14.2 Å². The Labute approximate surface area is 105 Å². The first-order chi connectivity index (χ1) is 8.74. The van der Waals surface area contributed by atoms with Crippen molar-refractivity contribution >= 4 is 5.97 Å². The quantitative estimate of drug-likeness (QED) is 0.795. The predicted molar refractivity (Wildman–Crippen MR) is 62.6 cm³/mol. The van der Waals surface area contributed by atoms with E-state index in [-0.39, 0.29) is 12.2 Å². The van der Waals surface area contributed by atoms with Gasteiger partial charge >= 0.3 is 5.97 Å². The van der Waals surface area contributed by atoms with Crippen molar-refractivity contribution in [2.75, 3.05) is 14.2 Å². The zero-order valence-electron chi connectivity index (χ0n) is 10.4. The molecule has 2 N–H and O–H groups in total. The smallest absolute Gasteiger partial charge is 0.347 e. The van der Waals surface area contributed by atoms with Crippen LogP contribution in [0.25, 0.3) is 0 Å². The Hall–Kier alpha value is -1.75. The lowest BCUT2D eigenvalue weighted by Crippen LogP contribution is -2.87. The van der Waals surface area contributed by atoms with Crippen LogP contribution in [0, 0.1) is 0 Å². The van der Waals surface area contributed by atoms with Crippen LogP contribution < -0.4 is 14.8 Å². The molecule has 1 aliphatic carbocycles. The first kappa shape index (κ1) is 11.3. The number of cyclic esters (lactones) is 1. The average Bonchev–Trinajstić information content (AvgIpc) is 3.14. The molecular weight excluding hydrogens is 234 g/mol. The van der Waals surface area contributed by atoms with Gasteiger partial charge in [-0.05, 0) is 12.1 Å². The molecule has 18 heavy (non-hydrogen) atoms. The molecule has 0 aromatic heterocycles. The van der Waals surface area contributed by atoms with Gasteiger partial charge in [0.15, 0.2) is 11.5 Å². The van der Waals surface area contributed by atoms with Crippen molar-refractivity contribution in [3.63, 3.8) is 0 Å². The topological polar surface area (TPSA) is 61.4 Å². The summed E-state index contributed by atoms with van der Waals surface area (Å²) < 4.78 is 15.9. The van der Waals surface area contributed by atoms with Crippen LogP contribution in [-0.4, -0.2) is 26.2 Å². The zero-order chi connectivity index (χ0) is 12.7. The van der Waals surface area contributed by atoms with Crippen LogP contribution >= 0.6 is 0 Å². The molecule has 96 valence electrons. The maximum atomic E-state index is 11.9. The third-order valence-electron chi connectivity index (χ3n) is 3.39. The van der Waals surface area contributed by atoms with Crippen LogP contribution in [0.5, 0.6) is 11.5 Å². The fourth-order valence-electron chi connectivity index (χ4n) is 2.31.